The van der Waals surface area contributed by atoms with Crippen LogP contribution >= 0.6 is 7.29 Å². The molecular weight excluding hydrogens is 305 g/mol. The van der Waals surface area contributed by atoms with Crippen molar-refractivity contribution in [2.75, 3.05) is 0 Å². The molecule has 0 amide bonds. The van der Waals surface area contributed by atoms with Crippen LogP contribution in [0.15, 0.2) is 72.8 Å². The first-order chi connectivity index (χ1) is 11.3. The largest absolute Gasteiger partial charge is 0.299 e. The molecule has 1 unspecified atom stereocenters. The van der Waals surface area contributed by atoms with E-state index in [1.807, 2.05) is 65.5 Å². The Bertz CT molecular complexity index is 744. The van der Waals surface area contributed by atoms with Crippen molar-refractivity contribution in [2.24, 2.45) is 0 Å². The minimum absolute atomic E-state index is 0.0628. The first-order valence-corrected chi connectivity index (χ1v) is 9.94. The molecule has 3 atom stereocenters. The maximum Gasteiger partial charge on any atom is 0.205 e. The van der Waals surface area contributed by atoms with Crippen LogP contribution in [-0.4, -0.2) is 17.0 Å². The van der Waals surface area contributed by atoms with Crippen LogP contribution in [0.5, 0.6) is 0 Å². The molecule has 0 radical (unpaired) electrons. The normalized spacial score (nSPS) is 26.1. The Morgan fingerprint density at radius 3 is 2.22 bits per heavy atom. The third kappa shape index (κ3) is 2.81. The molecule has 2 aliphatic heterocycles. The number of fused-ring (bicyclic) bond motifs is 2. The number of hydroxylamine groups is 1. The van der Waals surface area contributed by atoms with Crippen molar-refractivity contribution in [3.63, 3.8) is 0 Å². The third-order valence-corrected chi connectivity index (χ3v) is 7.47. The van der Waals surface area contributed by atoms with Gasteiger partial charge in [0.1, 0.15) is 0 Å². The minimum Gasteiger partial charge on any atom is -0.299 e. The van der Waals surface area contributed by atoms with Gasteiger partial charge in [-0.1, -0.05) is 72.8 Å². The van der Waals surface area contributed by atoms with Gasteiger partial charge in [-0.05, 0) is 18.4 Å². The van der Waals surface area contributed by atoms with Gasteiger partial charge in [0.15, 0.2) is 0 Å². The zero-order valence-electron chi connectivity index (χ0n) is 12.9. The number of benzene rings is 2. The summed E-state index contributed by atoms with van der Waals surface area (Å²) in [6, 6.07) is 19.9. The highest BCUT2D eigenvalue weighted by Gasteiger charge is 2.43. The molecule has 2 aromatic rings. The van der Waals surface area contributed by atoms with Crippen molar-refractivity contribution in [2.45, 2.75) is 31.1 Å². The monoisotopic (exact) mass is 325 g/mol. The van der Waals surface area contributed by atoms with Gasteiger partial charge in [0.25, 0.3) is 0 Å². The van der Waals surface area contributed by atoms with E-state index in [4.69, 9.17) is 4.84 Å². The first-order valence-electron chi connectivity index (χ1n) is 8.09. The van der Waals surface area contributed by atoms with E-state index >= 15 is 0 Å². The Kier molecular flexibility index (Phi) is 3.94. The van der Waals surface area contributed by atoms with Gasteiger partial charge in [-0.25, -0.2) is 0 Å². The average molecular weight is 325 g/mol. The Morgan fingerprint density at radius 2 is 1.65 bits per heavy atom. The van der Waals surface area contributed by atoms with Crippen molar-refractivity contribution >= 4 is 12.6 Å². The highest BCUT2D eigenvalue weighted by Crippen LogP contribution is 2.56. The zero-order valence-corrected chi connectivity index (χ0v) is 13.8. The highest BCUT2D eigenvalue weighted by molar-refractivity contribution is 7.68. The molecule has 2 aromatic carbocycles. The molecule has 1 saturated heterocycles. The van der Waals surface area contributed by atoms with Crippen molar-refractivity contribution < 1.29 is 9.40 Å². The lowest BCUT2D eigenvalue weighted by atomic mass is 10.00. The van der Waals surface area contributed by atoms with Crippen LogP contribution in [0.3, 0.4) is 0 Å². The molecule has 3 aliphatic rings. The molecule has 0 saturated carbocycles. The van der Waals surface area contributed by atoms with E-state index in [2.05, 4.69) is 12.2 Å². The molecule has 4 heteroatoms. The van der Waals surface area contributed by atoms with Gasteiger partial charge in [0, 0.05) is 11.5 Å². The second-order valence-corrected chi connectivity index (χ2v) is 8.79. The maximum absolute atomic E-state index is 14.1. The number of rotatable bonds is 4. The second-order valence-electron chi connectivity index (χ2n) is 6.16. The molecule has 3 nitrogen and oxygen atoms in total. The summed E-state index contributed by atoms with van der Waals surface area (Å²) in [7, 11) is -2.85. The highest BCUT2D eigenvalue weighted by atomic mass is 31.2. The molecule has 0 spiro atoms. The molecule has 5 rings (SSSR count). The average Bonchev–Trinajstić information content (AvgIpc) is 2.64. The molecule has 0 N–H and O–H groups in total. The summed E-state index contributed by atoms with van der Waals surface area (Å²) in [6.45, 7) is 0. The smallest absolute Gasteiger partial charge is 0.205 e. The van der Waals surface area contributed by atoms with E-state index in [9.17, 15) is 4.57 Å². The van der Waals surface area contributed by atoms with E-state index in [0.29, 0.717) is 6.16 Å². The van der Waals surface area contributed by atoms with Gasteiger partial charge < -0.3 is 0 Å². The van der Waals surface area contributed by atoms with Crippen LogP contribution < -0.4 is 5.30 Å². The molecule has 118 valence electrons. The van der Waals surface area contributed by atoms with Gasteiger partial charge in [-0.3, -0.25) is 9.40 Å². The summed E-state index contributed by atoms with van der Waals surface area (Å²) in [5.74, 6) is 0. The van der Waals surface area contributed by atoms with E-state index < -0.39 is 7.29 Å². The van der Waals surface area contributed by atoms with Crippen LogP contribution in [-0.2, 0) is 15.6 Å². The Morgan fingerprint density at radius 1 is 0.957 bits per heavy atom. The van der Waals surface area contributed by atoms with E-state index in [0.717, 1.165) is 23.7 Å². The fraction of sp³-hybridized carbons (Fsp3) is 0.263. The van der Waals surface area contributed by atoms with Crippen molar-refractivity contribution in [3.8, 4) is 0 Å². The standard InChI is InChI=1S/C19H20NO2P/c21-23(19-9-5-2-6-10-19,15-16-7-3-1-4-8-16)20-17-11-13-18(22-20)14-12-17/h1-11,13,17-18H,12,14-15H2/t17-,18+,23?/m1/s1. The molecule has 23 heavy (non-hydrogen) atoms. The summed E-state index contributed by atoms with van der Waals surface area (Å²) in [5, 5.41) is 0.866. The summed E-state index contributed by atoms with van der Waals surface area (Å²) >= 11 is 0. The topological polar surface area (TPSA) is 29.5 Å². The maximum atomic E-state index is 14.1. The quantitative estimate of drug-likeness (QED) is 0.625. The van der Waals surface area contributed by atoms with Gasteiger partial charge >= 0.3 is 0 Å². The van der Waals surface area contributed by atoms with Gasteiger partial charge in [-0.2, -0.15) is 0 Å². The lowest BCUT2D eigenvalue weighted by molar-refractivity contribution is -0.170. The zero-order chi connectivity index (χ0) is 15.7. The molecular formula is C19H20NO2P. The Labute approximate surface area is 137 Å². The fourth-order valence-corrected chi connectivity index (χ4v) is 6.19. The van der Waals surface area contributed by atoms with Crippen molar-refractivity contribution in [3.05, 3.63) is 78.4 Å². The number of hydrogen-bond donors (Lipinski definition) is 0. The van der Waals surface area contributed by atoms with Crippen LogP contribution in [0.4, 0.5) is 0 Å². The summed E-state index contributed by atoms with van der Waals surface area (Å²) in [6.07, 6.45) is 6.83. The predicted molar refractivity (Wildman–Crippen MR) is 92.7 cm³/mol. The molecule has 2 heterocycles. The molecule has 1 fully saturated rings. The second kappa shape index (κ2) is 6.09. The van der Waals surface area contributed by atoms with Crippen molar-refractivity contribution in [1.29, 1.82) is 0 Å². The van der Waals surface area contributed by atoms with Gasteiger partial charge in [0.2, 0.25) is 7.29 Å². The van der Waals surface area contributed by atoms with E-state index in [1.165, 1.54) is 0 Å². The SMILES string of the molecule is O=P(Cc1ccccc1)(c1ccccc1)N1O[C@H]2C=C[C@@H]1CC2. The third-order valence-electron chi connectivity index (χ3n) is 4.54. The summed E-state index contributed by atoms with van der Waals surface area (Å²) in [4.78, 5) is 7.87. The minimum atomic E-state index is -2.85. The van der Waals surface area contributed by atoms with E-state index in [1.54, 1.807) is 0 Å². The predicted octanol–water partition coefficient (Wildman–Crippen LogP) is 4.12. The van der Waals surface area contributed by atoms with Gasteiger partial charge in [0.05, 0.1) is 12.1 Å². The van der Waals surface area contributed by atoms with Crippen molar-refractivity contribution in [1.82, 2.24) is 4.83 Å². The van der Waals surface area contributed by atoms with Crippen LogP contribution in [0, 0.1) is 0 Å². The fourth-order valence-electron chi connectivity index (χ4n) is 3.35. The Balaban J connectivity index is 1.75. The lowest BCUT2D eigenvalue weighted by Gasteiger charge is -2.44. The van der Waals surface area contributed by atoms with Gasteiger partial charge in [-0.15, -0.1) is 4.83 Å². The molecule has 2 bridgehead atoms. The Hall–Kier alpha value is -1.67. The number of hydrogen-bond acceptors (Lipinski definition) is 2. The van der Waals surface area contributed by atoms with Crippen LogP contribution in [0.2, 0.25) is 0 Å². The van der Waals surface area contributed by atoms with Crippen LogP contribution in [0.25, 0.3) is 0 Å². The molecule has 0 aromatic heterocycles. The number of nitrogens with zero attached hydrogens (tertiary/aromatic N) is 1. The van der Waals surface area contributed by atoms with Crippen LogP contribution in [0.1, 0.15) is 18.4 Å². The van der Waals surface area contributed by atoms with E-state index in [-0.39, 0.29) is 12.1 Å². The summed E-state index contributed by atoms with van der Waals surface area (Å²) < 4.78 is 14.1. The molecule has 1 aliphatic carbocycles. The summed E-state index contributed by atoms with van der Waals surface area (Å²) in [5.41, 5.74) is 1.08. The lowest BCUT2D eigenvalue weighted by Crippen LogP contribution is -2.45. The first kappa shape index (κ1) is 14.9.